The van der Waals surface area contributed by atoms with Crippen LogP contribution in [0.3, 0.4) is 0 Å². The van der Waals surface area contributed by atoms with Crippen LogP contribution in [-0.2, 0) is 13.0 Å². The van der Waals surface area contributed by atoms with Gasteiger partial charge in [-0.1, -0.05) is 12.1 Å². The van der Waals surface area contributed by atoms with Crippen LogP contribution < -0.4 is 0 Å². The van der Waals surface area contributed by atoms with Crippen molar-refractivity contribution in [3.05, 3.63) is 52.8 Å². The van der Waals surface area contributed by atoms with Crippen molar-refractivity contribution in [3.8, 4) is 5.69 Å². The number of Topliss-reactive ketones (excluding diaryl/α,β-unsaturated/α-hetero) is 1. The summed E-state index contributed by atoms with van der Waals surface area (Å²) < 4.78 is 2.20. The summed E-state index contributed by atoms with van der Waals surface area (Å²) in [6.07, 6.45) is 4.76. The summed E-state index contributed by atoms with van der Waals surface area (Å²) >= 11 is 0. The molecule has 1 aliphatic carbocycles. The SMILES string of the molecule is Cc1cn(-c2ccc(CN(C)C)cc2)c2c1C(=O)CCC2. The van der Waals surface area contributed by atoms with Crippen LogP contribution in [0.25, 0.3) is 5.69 Å². The van der Waals surface area contributed by atoms with Gasteiger partial charge in [-0.2, -0.15) is 0 Å². The highest BCUT2D eigenvalue weighted by Gasteiger charge is 2.23. The lowest BCUT2D eigenvalue weighted by molar-refractivity contribution is 0.0971. The van der Waals surface area contributed by atoms with E-state index in [2.05, 4.69) is 54.0 Å². The second-order valence-electron chi connectivity index (χ2n) is 6.18. The standard InChI is InChI=1S/C18H22N2O/c1-13-11-20(16-5-4-6-17(21)18(13)16)15-9-7-14(8-10-15)12-19(2)3/h7-11H,4-6,12H2,1-3H3. The second kappa shape index (κ2) is 5.49. The normalized spacial score (nSPS) is 14.6. The lowest BCUT2D eigenvalue weighted by atomic mass is 9.94. The summed E-state index contributed by atoms with van der Waals surface area (Å²) in [4.78, 5) is 14.3. The summed E-state index contributed by atoms with van der Waals surface area (Å²) in [7, 11) is 4.15. The van der Waals surface area contributed by atoms with Gasteiger partial charge in [0.1, 0.15) is 0 Å². The number of carbonyl (C=O) groups excluding carboxylic acids is 1. The van der Waals surface area contributed by atoms with Gasteiger partial charge in [0.05, 0.1) is 0 Å². The summed E-state index contributed by atoms with van der Waals surface area (Å²) in [5.74, 6) is 0.303. The van der Waals surface area contributed by atoms with Crippen molar-refractivity contribution in [2.75, 3.05) is 14.1 Å². The molecule has 3 heteroatoms. The molecular weight excluding hydrogens is 260 g/mol. The molecule has 0 aliphatic heterocycles. The van der Waals surface area contributed by atoms with Gasteiger partial charge in [-0.05, 0) is 57.1 Å². The smallest absolute Gasteiger partial charge is 0.164 e. The first kappa shape index (κ1) is 14.1. The van der Waals surface area contributed by atoms with Gasteiger partial charge in [0.2, 0.25) is 0 Å². The molecule has 3 rings (SSSR count). The zero-order valence-electron chi connectivity index (χ0n) is 13.0. The van der Waals surface area contributed by atoms with Crippen LogP contribution in [0, 0.1) is 6.92 Å². The lowest BCUT2D eigenvalue weighted by Crippen LogP contribution is -2.13. The van der Waals surface area contributed by atoms with Crippen LogP contribution >= 0.6 is 0 Å². The van der Waals surface area contributed by atoms with E-state index < -0.39 is 0 Å². The third kappa shape index (κ3) is 2.66. The minimum absolute atomic E-state index is 0.303. The predicted molar refractivity (Wildman–Crippen MR) is 85.2 cm³/mol. The minimum Gasteiger partial charge on any atom is -0.320 e. The van der Waals surface area contributed by atoms with Crippen molar-refractivity contribution in [2.45, 2.75) is 32.7 Å². The zero-order chi connectivity index (χ0) is 15.0. The molecule has 1 aromatic carbocycles. The van der Waals surface area contributed by atoms with Crippen LogP contribution in [0.1, 0.15) is 40.0 Å². The van der Waals surface area contributed by atoms with Crippen LogP contribution in [0.4, 0.5) is 0 Å². The molecule has 0 atom stereocenters. The van der Waals surface area contributed by atoms with E-state index in [1.165, 1.54) is 11.3 Å². The van der Waals surface area contributed by atoms with Crippen molar-refractivity contribution in [2.24, 2.45) is 0 Å². The Morgan fingerprint density at radius 2 is 1.86 bits per heavy atom. The van der Waals surface area contributed by atoms with Gasteiger partial charge in [-0.3, -0.25) is 4.79 Å². The molecule has 21 heavy (non-hydrogen) atoms. The number of carbonyl (C=O) groups is 1. The molecule has 0 bridgehead atoms. The Hall–Kier alpha value is -1.87. The predicted octanol–water partition coefficient (Wildman–Crippen LogP) is 3.37. The summed E-state index contributed by atoms with van der Waals surface area (Å²) in [6.45, 7) is 2.99. The summed E-state index contributed by atoms with van der Waals surface area (Å²) in [6, 6.07) is 8.64. The number of rotatable bonds is 3. The van der Waals surface area contributed by atoms with Crippen LogP contribution in [0.5, 0.6) is 0 Å². The Bertz CT molecular complexity index is 665. The van der Waals surface area contributed by atoms with E-state index in [1.807, 2.05) is 6.92 Å². The number of aryl methyl sites for hydroxylation is 1. The van der Waals surface area contributed by atoms with Crippen molar-refractivity contribution < 1.29 is 4.79 Å². The number of hydrogen-bond acceptors (Lipinski definition) is 2. The highest BCUT2D eigenvalue weighted by atomic mass is 16.1. The highest BCUT2D eigenvalue weighted by Crippen LogP contribution is 2.28. The van der Waals surface area contributed by atoms with E-state index in [4.69, 9.17) is 0 Å². The Balaban J connectivity index is 1.98. The molecule has 0 unspecified atom stereocenters. The zero-order valence-corrected chi connectivity index (χ0v) is 13.0. The molecule has 2 aromatic rings. The molecule has 1 aromatic heterocycles. The van der Waals surface area contributed by atoms with Crippen LogP contribution in [0.15, 0.2) is 30.5 Å². The Labute approximate surface area is 126 Å². The molecular formula is C18H22N2O. The van der Waals surface area contributed by atoms with E-state index in [-0.39, 0.29) is 0 Å². The Morgan fingerprint density at radius 1 is 1.14 bits per heavy atom. The minimum atomic E-state index is 0.303. The van der Waals surface area contributed by atoms with Crippen molar-refractivity contribution in [1.82, 2.24) is 9.47 Å². The maximum absolute atomic E-state index is 12.1. The van der Waals surface area contributed by atoms with E-state index in [0.29, 0.717) is 12.2 Å². The van der Waals surface area contributed by atoms with E-state index in [9.17, 15) is 4.79 Å². The third-order valence-corrected chi connectivity index (χ3v) is 4.11. The molecule has 1 aliphatic rings. The third-order valence-electron chi connectivity index (χ3n) is 4.11. The van der Waals surface area contributed by atoms with E-state index in [0.717, 1.165) is 36.2 Å². The van der Waals surface area contributed by atoms with Gasteiger partial charge < -0.3 is 9.47 Å². The first-order chi connectivity index (χ1) is 10.1. The van der Waals surface area contributed by atoms with Gasteiger partial charge in [0, 0.05) is 36.1 Å². The fraction of sp³-hybridized carbons (Fsp3) is 0.389. The second-order valence-corrected chi connectivity index (χ2v) is 6.18. The first-order valence-electron chi connectivity index (χ1n) is 7.54. The number of hydrogen-bond donors (Lipinski definition) is 0. The quantitative estimate of drug-likeness (QED) is 0.862. The Morgan fingerprint density at radius 3 is 2.52 bits per heavy atom. The first-order valence-corrected chi connectivity index (χ1v) is 7.54. The maximum Gasteiger partial charge on any atom is 0.164 e. The average molecular weight is 282 g/mol. The van der Waals surface area contributed by atoms with Gasteiger partial charge in [0.25, 0.3) is 0 Å². The number of nitrogens with zero attached hydrogens (tertiary/aromatic N) is 2. The molecule has 0 N–H and O–H groups in total. The molecule has 0 saturated carbocycles. The van der Waals surface area contributed by atoms with E-state index in [1.54, 1.807) is 0 Å². The highest BCUT2D eigenvalue weighted by molar-refractivity contribution is 5.99. The van der Waals surface area contributed by atoms with Crippen molar-refractivity contribution in [3.63, 3.8) is 0 Å². The molecule has 1 heterocycles. The van der Waals surface area contributed by atoms with Gasteiger partial charge in [-0.25, -0.2) is 0 Å². The average Bonchev–Trinajstić information content (AvgIpc) is 2.78. The molecule has 0 fully saturated rings. The lowest BCUT2D eigenvalue weighted by Gasteiger charge is -2.16. The van der Waals surface area contributed by atoms with E-state index >= 15 is 0 Å². The summed E-state index contributed by atoms with van der Waals surface area (Å²) in [5, 5.41) is 0. The molecule has 110 valence electrons. The number of benzene rings is 1. The fourth-order valence-corrected chi connectivity index (χ4v) is 3.21. The van der Waals surface area contributed by atoms with Gasteiger partial charge in [-0.15, -0.1) is 0 Å². The molecule has 0 amide bonds. The fourth-order valence-electron chi connectivity index (χ4n) is 3.21. The topological polar surface area (TPSA) is 25.2 Å². The molecule has 0 radical (unpaired) electrons. The van der Waals surface area contributed by atoms with Crippen molar-refractivity contribution in [1.29, 1.82) is 0 Å². The number of aromatic nitrogens is 1. The molecule has 3 nitrogen and oxygen atoms in total. The van der Waals surface area contributed by atoms with Gasteiger partial charge >= 0.3 is 0 Å². The van der Waals surface area contributed by atoms with Gasteiger partial charge in [0.15, 0.2) is 5.78 Å². The molecule has 0 spiro atoms. The summed E-state index contributed by atoms with van der Waals surface area (Å²) in [5.41, 5.74) is 5.70. The molecule has 0 saturated heterocycles. The van der Waals surface area contributed by atoms with Crippen molar-refractivity contribution >= 4 is 5.78 Å². The van der Waals surface area contributed by atoms with Crippen LogP contribution in [-0.4, -0.2) is 29.3 Å². The Kier molecular flexibility index (Phi) is 3.68. The number of fused-ring (bicyclic) bond motifs is 1. The number of ketones is 1. The largest absolute Gasteiger partial charge is 0.320 e. The monoisotopic (exact) mass is 282 g/mol. The van der Waals surface area contributed by atoms with Crippen LogP contribution in [0.2, 0.25) is 0 Å². The maximum atomic E-state index is 12.1.